The molecule has 1 N–H and O–H groups in total. The number of amides is 1. The van der Waals surface area contributed by atoms with Crippen LogP contribution >= 0.6 is 11.6 Å². The molecule has 4 rings (SSSR count). The maximum Gasteiger partial charge on any atom is 0.322 e. The van der Waals surface area contributed by atoms with E-state index in [0.29, 0.717) is 40.7 Å². The number of aromatic nitrogens is 2. The first-order valence-electron chi connectivity index (χ1n) is 11.0. The number of nitrogens with zero attached hydrogens (tertiary/aromatic N) is 3. The number of halogens is 1. The highest BCUT2D eigenvalue weighted by atomic mass is 35.5. The molecule has 0 radical (unpaired) electrons. The van der Waals surface area contributed by atoms with Crippen LogP contribution in [0.4, 0.5) is 6.01 Å². The zero-order valence-corrected chi connectivity index (χ0v) is 21.4. The number of hydrogen-bond donors (Lipinski definition) is 1. The quantitative estimate of drug-likeness (QED) is 0.459. The van der Waals surface area contributed by atoms with Crippen molar-refractivity contribution in [2.45, 2.75) is 17.7 Å². The minimum Gasteiger partial charge on any atom is -0.493 e. The van der Waals surface area contributed by atoms with E-state index < -0.39 is 15.9 Å². The van der Waals surface area contributed by atoms with Gasteiger partial charge in [-0.05, 0) is 49.2 Å². The molecule has 1 aromatic heterocycles. The number of carbonyl (C=O) groups is 1. The van der Waals surface area contributed by atoms with E-state index in [1.54, 1.807) is 12.1 Å². The van der Waals surface area contributed by atoms with Crippen molar-refractivity contribution in [1.29, 1.82) is 0 Å². The number of ether oxygens (including phenoxy) is 3. The van der Waals surface area contributed by atoms with E-state index in [-0.39, 0.29) is 35.8 Å². The maximum absolute atomic E-state index is 12.9. The molecule has 0 spiro atoms. The second-order valence-electron chi connectivity index (χ2n) is 7.95. The zero-order chi connectivity index (χ0) is 25.9. The fraction of sp³-hybridized carbons (Fsp3) is 0.348. The van der Waals surface area contributed by atoms with Crippen molar-refractivity contribution in [2.24, 2.45) is 5.92 Å². The van der Waals surface area contributed by atoms with Crippen LogP contribution in [0.2, 0.25) is 5.02 Å². The van der Waals surface area contributed by atoms with Crippen LogP contribution in [0, 0.1) is 5.92 Å². The molecule has 0 atom stereocenters. The Morgan fingerprint density at radius 1 is 1.03 bits per heavy atom. The van der Waals surface area contributed by atoms with E-state index in [1.807, 2.05) is 0 Å². The Kier molecular flexibility index (Phi) is 7.67. The second-order valence-corrected chi connectivity index (χ2v) is 10.3. The molecule has 3 aromatic rings. The summed E-state index contributed by atoms with van der Waals surface area (Å²) in [6, 6.07) is 9.24. The van der Waals surface area contributed by atoms with Crippen molar-refractivity contribution in [3.63, 3.8) is 0 Å². The Hall–Kier alpha value is -3.35. The molecule has 36 heavy (non-hydrogen) atoms. The minimum atomic E-state index is -3.66. The molecule has 1 aliphatic rings. The fourth-order valence-corrected chi connectivity index (χ4v) is 5.51. The van der Waals surface area contributed by atoms with Gasteiger partial charge in [0, 0.05) is 29.6 Å². The lowest BCUT2D eigenvalue weighted by atomic mass is 9.97. The Labute approximate surface area is 213 Å². The summed E-state index contributed by atoms with van der Waals surface area (Å²) in [6.07, 6.45) is 0.707. The van der Waals surface area contributed by atoms with Gasteiger partial charge in [-0.2, -0.15) is 4.31 Å². The van der Waals surface area contributed by atoms with E-state index in [2.05, 4.69) is 15.5 Å². The van der Waals surface area contributed by atoms with E-state index >= 15 is 0 Å². The van der Waals surface area contributed by atoms with Gasteiger partial charge >= 0.3 is 6.01 Å². The number of rotatable bonds is 8. The number of piperidine rings is 1. The number of carbonyl (C=O) groups excluding carboxylic acids is 1. The van der Waals surface area contributed by atoms with Gasteiger partial charge in [0.25, 0.3) is 0 Å². The summed E-state index contributed by atoms with van der Waals surface area (Å²) in [7, 11) is 0.825. The van der Waals surface area contributed by atoms with Gasteiger partial charge in [0.1, 0.15) is 0 Å². The van der Waals surface area contributed by atoms with Crippen molar-refractivity contribution < 1.29 is 31.8 Å². The second kappa shape index (κ2) is 10.7. The average molecular weight is 537 g/mol. The lowest BCUT2D eigenvalue weighted by Gasteiger charge is -2.30. The van der Waals surface area contributed by atoms with Gasteiger partial charge in [-0.25, -0.2) is 8.42 Å². The van der Waals surface area contributed by atoms with Crippen molar-refractivity contribution in [3.05, 3.63) is 41.4 Å². The van der Waals surface area contributed by atoms with Gasteiger partial charge in [0.05, 0.1) is 26.2 Å². The predicted octanol–water partition coefficient (Wildman–Crippen LogP) is 3.46. The van der Waals surface area contributed by atoms with E-state index in [9.17, 15) is 13.2 Å². The molecule has 0 unspecified atom stereocenters. The van der Waals surface area contributed by atoms with Gasteiger partial charge in [0.2, 0.25) is 27.6 Å². The van der Waals surface area contributed by atoms with Gasteiger partial charge < -0.3 is 18.6 Å². The third-order valence-electron chi connectivity index (χ3n) is 5.84. The smallest absolute Gasteiger partial charge is 0.322 e. The molecule has 2 heterocycles. The lowest BCUT2D eigenvalue weighted by Crippen LogP contribution is -2.41. The van der Waals surface area contributed by atoms with Crippen LogP contribution in [0.3, 0.4) is 0 Å². The summed E-state index contributed by atoms with van der Waals surface area (Å²) in [6.45, 7) is 0.424. The molecule has 13 heteroatoms. The molecule has 11 nitrogen and oxygen atoms in total. The van der Waals surface area contributed by atoms with Crippen molar-refractivity contribution >= 4 is 33.5 Å². The Balaban J connectivity index is 1.40. The number of benzene rings is 2. The zero-order valence-electron chi connectivity index (χ0n) is 19.9. The van der Waals surface area contributed by atoms with Crippen LogP contribution in [0.25, 0.3) is 11.5 Å². The first kappa shape index (κ1) is 25.7. The molecule has 2 aromatic carbocycles. The number of sulfonamides is 1. The highest BCUT2D eigenvalue weighted by Gasteiger charge is 2.32. The SMILES string of the molecule is COc1cc(-c2nnc(NC(=O)C3CCN(S(=O)(=O)c4ccc(Cl)cc4)CC3)o2)cc(OC)c1OC. The molecular formula is C23H25ClN4O7S. The van der Waals surface area contributed by atoms with Gasteiger partial charge in [0.15, 0.2) is 11.5 Å². The molecule has 1 aliphatic heterocycles. The summed E-state index contributed by atoms with van der Waals surface area (Å²) in [5, 5.41) is 11.0. The van der Waals surface area contributed by atoms with Crippen LogP contribution in [-0.4, -0.2) is 63.2 Å². The average Bonchev–Trinajstić information content (AvgIpc) is 3.36. The van der Waals surface area contributed by atoms with Crippen LogP contribution < -0.4 is 19.5 Å². The Morgan fingerprint density at radius 3 is 2.19 bits per heavy atom. The van der Waals surface area contributed by atoms with Gasteiger partial charge in [-0.15, -0.1) is 5.10 Å². The van der Waals surface area contributed by atoms with Crippen LogP contribution in [0.15, 0.2) is 45.7 Å². The summed E-state index contributed by atoms with van der Waals surface area (Å²) < 4.78 is 48.7. The number of anilines is 1. The van der Waals surface area contributed by atoms with E-state index in [1.165, 1.54) is 49.9 Å². The normalized spacial score (nSPS) is 14.9. The number of methoxy groups -OCH3 is 3. The van der Waals surface area contributed by atoms with E-state index in [0.717, 1.165) is 0 Å². The van der Waals surface area contributed by atoms with Crippen molar-refractivity contribution in [1.82, 2.24) is 14.5 Å². The minimum absolute atomic E-state index is 0.0695. The van der Waals surface area contributed by atoms with E-state index in [4.69, 9.17) is 30.2 Å². The highest BCUT2D eigenvalue weighted by Crippen LogP contribution is 2.41. The third kappa shape index (κ3) is 5.25. The molecule has 192 valence electrons. The standard InChI is InChI=1S/C23H25ClN4O7S/c1-32-18-12-15(13-19(33-2)20(18)34-3)22-26-27-23(35-22)25-21(29)14-8-10-28(11-9-14)36(30,31)17-6-4-16(24)5-7-17/h4-7,12-14H,8-11H2,1-3H3,(H,25,27,29). The predicted molar refractivity (Wildman–Crippen MR) is 131 cm³/mol. The summed E-state index contributed by atoms with van der Waals surface area (Å²) in [5.74, 6) is 0.665. The van der Waals surface area contributed by atoms with Gasteiger partial charge in [-0.1, -0.05) is 16.7 Å². The topological polar surface area (TPSA) is 133 Å². The van der Waals surface area contributed by atoms with Crippen molar-refractivity contribution in [2.75, 3.05) is 39.7 Å². The maximum atomic E-state index is 12.9. The third-order valence-corrected chi connectivity index (χ3v) is 8.01. The monoisotopic (exact) mass is 536 g/mol. The summed E-state index contributed by atoms with van der Waals surface area (Å²) >= 11 is 5.86. The molecule has 0 aliphatic carbocycles. The molecule has 0 bridgehead atoms. The lowest BCUT2D eigenvalue weighted by molar-refractivity contribution is -0.121. The molecular weight excluding hydrogens is 512 g/mol. The first-order chi connectivity index (χ1) is 17.3. The summed E-state index contributed by atoms with van der Waals surface area (Å²) in [4.78, 5) is 13.0. The molecule has 1 saturated heterocycles. The molecule has 1 fully saturated rings. The molecule has 0 saturated carbocycles. The fourth-order valence-electron chi connectivity index (χ4n) is 3.92. The van der Waals surface area contributed by atoms with Crippen LogP contribution in [0.5, 0.6) is 17.2 Å². The first-order valence-corrected chi connectivity index (χ1v) is 12.8. The Morgan fingerprint density at radius 2 is 1.64 bits per heavy atom. The largest absolute Gasteiger partial charge is 0.493 e. The Bertz CT molecular complexity index is 1310. The molecule has 1 amide bonds. The van der Waals surface area contributed by atoms with Crippen molar-refractivity contribution in [3.8, 4) is 28.7 Å². The summed E-state index contributed by atoms with van der Waals surface area (Å²) in [5.41, 5.74) is 0.512. The van der Waals surface area contributed by atoms with Crippen LogP contribution in [-0.2, 0) is 14.8 Å². The van der Waals surface area contributed by atoms with Gasteiger partial charge in [-0.3, -0.25) is 10.1 Å². The number of nitrogens with one attached hydrogen (secondary N) is 1. The highest BCUT2D eigenvalue weighted by molar-refractivity contribution is 7.89. The van der Waals surface area contributed by atoms with Crippen LogP contribution in [0.1, 0.15) is 12.8 Å². The number of hydrogen-bond acceptors (Lipinski definition) is 9.